The summed E-state index contributed by atoms with van der Waals surface area (Å²) in [5, 5.41) is 4.69. The van der Waals surface area contributed by atoms with Gasteiger partial charge < -0.3 is 12.4 Å². The number of halogens is 1. The van der Waals surface area contributed by atoms with Crippen molar-refractivity contribution in [2.45, 2.75) is 6.92 Å². The Hall–Kier alpha value is -1.13. The van der Waals surface area contributed by atoms with Gasteiger partial charge in [-0.3, -0.25) is 0 Å². The third-order valence-corrected chi connectivity index (χ3v) is 2.59. The van der Waals surface area contributed by atoms with Crippen molar-refractivity contribution in [3.63, 3.8) is 0 Å². The van der Waals surface area contributed by atoms with Crippen LogP contribution in [-0.2, 0) is 4.79 Å². The number of amides is 1. The molecule has 0 radical (unpaired) electrons. The molecule has 2 heterocycles. The van der Waals surface area contributed by atoms with Gasteiger partial charge in [0.25, 0.3) is 5.82 Å². The molecule has 2 aromatic heterocycles. The van der Waals surface area contributed by atoms with E-state index in [9.17, 15) is 4.79 Å². The summed E-state index contributed by atoms with van der Waals surface area (Å²) >= 11 is 1.60. The maximum atomic E-state index is 10.8. The number of nitrogens with one attached hydrogen (secondary N) is 1. The summed E-state index contributed by atoms with van der Waals surface area (Å²) in [5.74, 6) is 0.782. The molecule has 1 amide bonds. The molecule has 5 heteroatoms. The van der Waals surface area contributed by atoms with Gasteiger partial charge in [0.15, 0.2) is 4.83 Å². The molecule has 0 aromatic carbocycles. The predicted octanol–water partition coefficient (Wildman–Crippen LogP) is -1.55. The minimum Gasteiger partial charge on any atom is -1.00 e. The number of fused-ring (bicyclic) bond motifs is 1. The summed E-state index contributed by atoms with van der Waals surface area (Å²) in [7, 11) is 0. The molecular weight excluding hydrogens is 220 g/mol. The van der Waals surface area contributed by atoms with Crippen molar-refractivity contribution < 1.29 is 21.6 Å². The zero-order chi connectivity index (χ0) is 9.26. The second kappa shape index (κ2) is 4.39. The van der Waals surface area contributed by atoms with E-state index in [0.29, 0.717) is 0 Å². The fourth-order valence-electron chi connectivity index (χ4n) is 1.17. The largest absolute Gasteiger partial charge is 1.00 e. The van der Waals surface area contributed by atoms with Crippen LogP contribution in [0, 0.1) is 0 Å². The molecule has 0 saturated heterocycles. The third-order valence-electron chi connectivity index (χ3n) is 1.68. The van der Waals surface area contributed by atoms with E-state index in [4.69, 9.17) is 0 Å². The molecule has 0 spiro atoms. The van der Waals surface area contributed by atoms with E-state index in [1.54, 1.807) is 11.3 Å². The Morgan fingerprint density at radius 1 is 1.50 bits per heavy atom. The Morgan fingerprint density at radius 3 is 3.00 bits per heavy atom. The van der Waals surface area contributed by atoms with Crippen molar-refractivity contribution in [1.82, 2.24) is 0 Å². The molecule has 0 aliphatic carbocycles. The van der Waals surface area contributed by atoms with Crippen LogP contribution in [0.5, 0.6) is 0 Å². The van der Waals surface area contributed by atoms with Crippen molar-refractivity contribution in [3.05, 3.63) is 29.8 Å². The zero-order valence-electron chi connectivity index (χ0n) is 7.53. The van der Waals surface area contributed by atoms with E-state index in [1.165, 1.54) is 6.92 Å². The number of rotatable bonds is 1. The molecule has 0 bridgehead atoms. The lowest BCUT2D eigenvalue weighted by Gasteiger charge is -1.90. The molecule has 0 atom stereocenters. The first-order valence-electron chi connectivity index (χ1n) is 3.93. The van der Waals surface area contributed by atoms with Gasteiger partial charge in [-0.25, -0.2) is 10.1 Å². The van der Waals surface area contributed by atoms with E-state index in [1.807, 2.05) is 34.2 Å². The van der Waals surface area contributed by atoms with E-state index < -0.39 is 0 Å². The number of hydrogen-bond donors (Lipinski definition) is 1. The van der Waals surface area contributed by atoms with Crippen molar-refractivity contribution in [3.8, 4) is 0 Å². The molecule has 14 heavy (non-hydrogen) atoms. The quantitative estimate of drug-likeness (QED) is 0.589. The maximum Gasteiger partial charge on any atom is 0.304 e. The average molecular weight is 229 g/mol. The molecule has 74 valence electrons. The summed E-state index contributed by atoms with van der Waals surface area (Å²) in [4.78, 5) is 12.0. The van der Waals surface area contributed by atoms with Crippen molar-refractivity contribution >= 4 is 27.9 Å². The first kappa shape index (κ1) is 10.9. The Labute approximate surface area is 91.8 Å². The summed E-state index contributed by atoms with van der Waals surface area (Å²) in [6.07, 6.45) is 1.93. The van der Waals surface area contributed by atoms with Crippen LogP contribution in [0.1, 0.15) is 6.92 Å². The van der Waals surface area contributed by atoms with Crippen molar-refractivity contribution in [1.29, 1.82) is 0 Å². The maximum absolute atomic E-state index is 10.8. The molecule has 1 N–H and O–H groups in total. The summed E-state index contributed by atoms with van der Waals surface area (Å²) in [6.45, 7) is 1.51. The van der Waals surface area contributed by atoms with Crippen LogP contribution in [0.15, 0.2) is 29.8 Å². The highest BCUT2D eigenvalue weighted by Crippen LogP contribution is 2.12. The second-order valence-electron chi connectivity index (χ2n) is 2.71. The second-order valence-corrected chi connectivity index (χ2v) is 3.60. The van der Waals surface area contributed by atoms with Crippen LogP contribution < -0.4 is 22.1 Å². The van der Waals surface area contributed by atoms with Crippen LogP contribution in [0.2, 0.25) is 0 Å². The summed E-state index contributed by atoms with van der Waals surface area (Å²) in [5.41, 5.74) is 0. The topological polar surface area (TPSA) is 33.2 Å². The predicted molar refractivity (Wildman–Crippen MR) is 51.8 cm³/mol. The van der Waals surface area contributed by atoms with Gasteiger partial charge in [-0.15, -0.1) is 0 Å². The molecule has 0 aliphatic heterocycles. The summed E-state index contributed by atoms with van der Waals surface area (Å²) < 4.78 is 1.95. The Morgan fingerprint density at radius 2 is 2.29 bits per heavy atom. The number of anilines is 1. The van der Waals surface area contributed by atoms with Gasteiger partial charge in [-0.2, -0.15) is 4.40 Å². The third kappa shape index (κ3) is 2.02. The first-order chi connectivity index (χ1) is 6.27. The van der Waals surface area contributed by atoms with Gasteiger partial charge in [-0.05, 0) is 12.1 Å². The fraction of sp³-hybridized carbons (Fsp3) is 0.111. The van der Waals surface area contributed by atoms with Gasteiger partial charge in [-0.1, -0.05) is 17.4 Å². The minimum absolute atomic E-state index is 0. The number of hydrogen-bond acceptors (Lipinski definition) is 2. The minimum atomic E-state index is -0.0453. The zero-order valence-corrected chi connectivity index (χ0v) is 9.10. The normalized spacial score (nSPS) is 9.50. The van der Waals surface area contributed by atoms with Crippen molar-refractivity contribution in [2.24, 2.45) is 0 Å². The lowest BCUT2D eigenvalue weighted by atomic mass is 10.5. The molecule has 0 unspecified atom stereocenters. The highest BCUT2D eigenvalue weighted by molar-refractivity contribution is 7.15. The van der Waals surface area contributed by atoms with E-state index in [2.05, 4.69) is 5.32 Å². The van der Waals surface area contributed by atoms with Gasteiger partial charge in [0.05, 0.1) is 11.6 Å². The average Bonchev–Trinajstić information content (AvgIpc) is 2.48. The fourth-order valence-corrected chi connectivity index (χ4v) is 2.00. The molecular formula is C9H9ClN2OS. The Balaban J connectivity index is 0.000000980. The lowest BCUT2D eigenvalue weighted by molar-refractivity contribution is -0.491. The van der Waals surface area contributed by atoms with Gasteiger partial charge >= 0.3 is 5.91 Å². The molecule has 0 fully saturated rings. The number of thiazole rings is 1. The molecule has 2 aromatic rings. The number of pyridine rings is 1. The SMILES string of the molecule is CC(=O)Nc1csc2cccc[n+]12.[Cl-]. The van der Waals surface area contributed by atoms with Crippen LogP contribution in [0.25, 0.3) is 4.83 Å². The van der Waals surface area contributed by atoms with Gasteiger partial charge in [0.2, 0.25) is 0 Å². The van der Waals surface area contributed by atoms with E-state index in [0.717, 1.165) is 10.6 Å². The smallest absolute Gasteiger partial charge is 0.304 e. The van der Waals surface area contributed by atoms with Crippen LogP contribution in [0.4, 0.5) is 5.82 Å². The van der Waals surface area contributed by atoms with E-state index >= 15 is 0 Å². The lowest BCUT2D eigenvalue weighted by Crippen LogP contribution is -3.00. The van der Waals surface area contributed by atoms with E-state index in [-0.39, 0.29) is 18.3 Å². The number of aromatic nitrogens is 1. The van der Waals surface area contributed by atoms with Gasteiger partial charge in [0.1, 0.15) is 0 Å². The van der Waals surface area contributed by atoms with Crippen molar-refractivity contribution in [2.75, 3.05) is 5.32 Å². The Kier molecular flexibility index (Phi) is 3.43. The monoisotopic (exact) mass is 228 g/mol. The highest BCUT2D eigenvalue weighted by atomic mass is 35.5. The number of nitrogens with zero attached hydrogens (tertiary/aromatic N) is 1. The first-order valence-corrected chi connectivity index (χ1v) is 4.81. The molecule has 0 saturated carbocycles. The molecule has 3 nitrogen and oxygen atoms in total. The number of carbonyl (C=O) groups excluding carboxylic acids is 1. The van der Waals surface area contributed by atoms with Crippen LogP contribution in [0.3, 0.4) is 0 Å². The van der Waals surface area contributed by atoms with Gasteiger partial charge in [0, 0.05) is 6.92 Å². The number of carbonyl (C=O) groups is 1. The van der Waals surface area contributed by atoms with Crippen LogP contribution >= 0.6 is 11.3 Å². The summed E-state index contributed by atoms with van der Waals surface area (Å²) in [6, 6.07) is 5.92. The molecule has 2 rings (SSSR count). The highest BCUT2D eigenvalue weighted by Gasteiger charge is 2.11. The van der Waals surface area contributed by atoms with Crippen LogP contribution in [-0.4, -0.2) is 5.91 Å². The Bertz CT molecular complexity index is 455. The standard InChI is InChI=1S/C9H8N2OS.ClH/c1-7(12)10-8-6-13-9-4-2-3-5-11(8)9;/h2-6H,1H3;1H. The molecule has 0 aliphatic rings.